The molecule has 17 heteroatoms. The summed E-state index contributed by atoms with van der Waals surface area (Å²) in [5, 5.41) is 34.2. The average molecular weight is 988 g/mol. The Morgan fingerprint density at radius 3 is 1.69 bits per heavy atom. The molecular formula is C54H77N9O8. The van der Waals surface area contributed by atoms with E-state index in [0.717, 1.165) is 0 Å². The summed E-state index contributed by atoms with van der Waals surface area (Å²) in [6, 6.07) is 8.09. The third-order valence-electron chi connectivity index (χ3n) is 12.8. The minimum Gasteiger partial charge on any atom is -0.479 e. The van der Waals surface area contributed by atoms with E-state index in [4.69, 9.17) is 35.7 Å². The summed E-state index contributed by atoms with van der Waals surface area (Å²) in [4.78, 5) is 73.1. The van der Waals surface area contributed by atoms with Crippen LogP contribution in [0.2, 0.25) is 0 Å². The average Bonchev–Trinajstić information content (AvgIpc) is 3.99. The molecule has 71 heavy (non-hydrogen) atoms. The van der Waals surface area contributed by atoms with Crippen LogP contribution in [-0.2, 0) is 19.1 Å². The van der Waals surface area contributed by atoms with E-state index in [1.54, 1.807) is 72.7 Å². The molecule has 4 aliphatic rings. The van der Waals surface area contributed by atoms with Crippen LogP contribution in [0.5, 0.6) is 0 Å². The zero-order chi connectivity index (χ0) is 59.0. The van der Waals surface area contributed by atoms with E-state index >= 15 is 0 Å². The summed E-state index contributed by atoms with van der Waals surface area (Å²) < 4.78 is 82.3. The van der Waals surface area contributed by atoms with Gasteiger partial charge >= 0.3 is 11.9 Å². The normalized spacial score (nSPS) is 30.6. The van der Waals surface area contributed by atoms with Gasteiger partial charge in [0.15, 0.2) is 22.9 Å². The largest absolute Gasteiger partial charge is 0.479 e. The van der Waals surface area contributed by atoms with Crippen molar-refractivity contribution in [3.8, 4) is 6.07 Å². The summed E-state index contributed by atoms with van der Waals surface area (Å²) in [7, 11) is 0. The molecule has 2 aliphatic heterocycles. The van der Waals surface area contributed by atoms with Gasteiger partial charge in [0.05, 0.1) is 42.9 Å². The molecule has 0 saturated carbocycles. The fourth-order valence-electron chi connectivity index (χ4n) is 9.38. The first kappa shape index (κ1) is 42.2. The Kier molecular flexibility index (Phi) is 11.6. The Morgan fingerprint density at radius 1 is 0.732 bits per heavy atom. The highest BCUT2D eigenvalue weighted by Crippen LogP contribution is 2.47. The Balaban J connectivity index is 0.000000415. The molecule has 6 atom stereocenters. The monoisotopic (exact) mass is 988 g/mol. The number of rotatable bonds is 10. The van der Waals surface area contributed by atoms with Gasteiger partial charge in [-0.05, 0) is 159 Å². The second-order valence-corrected chi connectivity index (χ2v) is 21.9. The van der Waals surface area contributed by atoms with Crippen LogP contribution in [0.25, 0.3) is 11.1 Å². The van der Waals surface area contributed by atoms with E-state index in [1.807, 2.05) is 19.9 Å². The molecule has 4 aromatic rings. The number of nitriles is 1. The summed E-state index contributed by atoms with van der Waals surface area (Å²) in [6.07, 6.45) is -2.52. The number of nitrogens with one attached hydrogen (secondary N) is 4. The number of nitrogens with zero attached hydrogens (tertiary/aromatic N) is 5. The van der Waals surface area contributed by atoms with Crippen molar-refractivity contribution < 1.29 is 55.5 Å². The van der Waals surface area contributed by atoms with Crippen LogP contribution in [-0.4, -0.2) is 86.3 Å². The Labute approximate surface area is 433 Å². The first-order valence-electron chi connectivity index (χ1n) is 27.7. The molecule has 0 radical (unpaired) electrons. The lowest BCUT2D eigenvalue weighted by molar-refractivity contribution is -0.200. The first-order valence-corrected chi connectivity index (χ1v) is 23.5. The fraction of sp³-hybridized carbons (Fsp3) is 0.537. The summed E-state index contributed by atoms with van der Waals surface area (Å²) >= 11 is 0. The van der Waals surface area contributed by atoms with E-state index in [2.05, 4.69) is 30.6 Å². The summed E-state index contributed by atoms with van der Waals surface area (Å²) in [6.45, 7) is 19.0. The van der Waals surface area contributed by atoms with Crippen LogP contribution in [0.4, 0.5) is 11.4 Å². The molecule has 2 saturated heterocycles. The number of aryl methyl sites for hydroxylation is 1. The lowest BCUT2D eigenvalue weighted by Gasteiger charge is -2.44. The maximum atomic E-state index is 13.0. The lowest BCUT2D eigenvalue weighted by Crippen LogP contribution is -2.51. The number of amides is 2. The zero-order valence-corrected chi connectivity index (χ0v) is 42.1. The first-order chi connectivity index (χ1) is 36.2. The van der Waals surface area contributed by atoms with Gasteiger partial charge < -0.3 is 40.3 Å². The number of aromatic amines is 2. The van der Waals surface area contributed by atoms with Crippen LogP contribution in [0, 0.1) is 29.1 Å². The van der Waals surface area contributed by atoms with Gasteiger partial charge in [0.25, 0.3) is 11.8 Å². The van der Waals surface area contributed by atoms with E-state index in [1.165, 1.54) is 26.2 Å². The van der Waals surface area contributed by atoms with E-state index < -0.39 is 82.5 Å². The number of hydrogen-bond donors (Lipinski definition) is 6. The number of pyridine rings is 2. The summed E-state index contributed by atoms with van der Waals surface area (Å²) in [5.41, 5.74) is -4.16. The molecule has 2 aliphatic carbocycles. The maximum absolute atomic E-state index is 13.0. The van der Waals surface area contributed by atoms with Crippen LogP contribution in [0.15, 0.2) is 48.8 Å². The van der Waals surface area contributed by atoms with Crippen LogP contribution >= 0.6 is 0 Å². The molecular weight excluding hydrogens is 903 g/mol. The topological polar surface area (TPSA) is 258 Å². The standard InChI is InChI=1S/C27H33N5O4.C27H36N4O4.4H2/c1-25(2)10-8-16(9-11-25)21-20(32-23(33)22-29-15-18(14-28)30-22)7-6-19(31-21)17-12-26(3,4)36-27(5,13-17)24(34)35;1-16-15-28-22(29-16)23(32)31-20-8-7-19(30-21(20)17-9-11-25(2,3)12-10-17)18-13-26(4,5)35-27(6,14-18)24(33)34;;;;/h6-8,15,17H,9-13H2,1-5H3,(H,29,30)(H,32,33)(H,34,35);7-9,15,18H,10-14H2,1-6H3,(H,28,29)(H,31,32)(H,33,34);4*1H/i8D,9D2,10D;9D,10D2,12D;;;;. The number of imidazole rings is 2. The quantitative estimate of drug-likeness (QED) is 0.0865. The predicted octanol–water partition coefficient (Wildman–Crippen LogP) is 11.5. The van der Waals surface area contributed by atoms with Crippen LogP contribution in [0.3, 0.4) is 0 Å². The number of ether oxygens (including phenoxy) is 2. The Morgan fingerprint density at radius 2 is 1.23 bits per heavy atom. The second kappa shape index (κ2) is 19.6. The highest BCUT2D eigenvalue weighted by atomic mass is 16.6. The van der Waals surface area contributed by atoms with Gasteiger partial charge in [-0.1, -0.05) is 39.8 Å². The number of aromatic nitrogens is 6. The number of H-pyrrole nitrogens is 2. The number of aliphatic carboxylic acids is 2. The number of carbonyl (C=O) groups is 4. The van der Waals surface area contributed by atoms with Crippen molar-refractivity contribution in [3.63, 3.8) is 0 Å². The maximum Gasteiger partial charge on any atom is 0.335 e. The highest BCUT2D eigenvalue weighted by molar-refractivity contribution is 6.04. The Hall–Kier alpha value is -6.51. The Bertz CT molecular complexity index is 3230. The molecule has 8 rings (SSSR count). The zero-order valence-electron chi connectivity index (χ0n) is 50.1. The van der Waals surface area contributed by atoms with Gasteiger partial charge in [-0.15, -0.1) is 0 Å². The van der Waals surface area contributed by atoms with E-state index in [9.17, 15) is 29.4 Å². The van der Waals surface area contributed by atoms with Gasteiger partial charge in [-0.25, -0.2) is 19.6 Å². The van der Waals surface area contributed by atoms with Crippen molar-refractivity contribution in [1.29, 1.82) is 5.26 Å². The van der Waals surface area contributed by atoms with Crippen molar-refractivity contribution in [1.82, 2.24) is 29.9 Å². The highest BCUT2D eigenvalue weighted by Gasteiger charge is 2.49. The van der Waals surface area contributed by atoms with Gasteiger partial charge in [-0.2, -0.15) is 5.26 Å². The number of hydrogen-bond acceptors (Lipinski definition) is 11. The predicted molar refractivity (Wildman–Crippen MR) is 277 cm³/mol. The van der Waals surface area contributed by atoms with Crippen molar-refractivity contribution in [3.05, 3.63) is 94.6 Å². The van der Waals surface area contributed by atoms with Crippen molar-refractivity contribution >= 4 is 46.3 Å². The van der Waals surface area contributed by atoms with Crippen LogP contribution in [0.1, 0.15) is 217 Å². The number of carboxylic acid groups (broad SMARTS) is 2. The molecule has 2 fully saturated rings. The van der Waals surface area contributed by atoms with Crippen molar-refractivity contribution in [2.75, 3.05) is 10.6 Å². The summed E-state index contributed by atoms with van der Waals surface area (Å²) in [5.74, 6) is -4.26. The van der Waals surface area contributed by atoms with Gasteiger partial charge in [0.2, 0.25) is 0 Å². The minimum absolute atomic E-state index is 0. The second-order valence-electron chi connectivity index (χ2n) is 21.9. The van der Waals surface area contributed by atoms with Crippen molar-refractivity contribution in [2.24, 2.45) is 10.8 Å². The fourth-order valence-corrected chi connectivity index (χ4v) is 9.38. The number of allylic oxidation sites excluding steroid dienone is 4. The molecule has 0 aromatic carbocycles. The lowest BCUT2D eigenvalue weighted by atomic mass is 9.77. The molecule has 4 aromatic heterocycles. The van der Waals surface area contributed by atoms with E-state index in [0.29, 0.717) is 29.9 Å². The molecule has 17 nitrogen and oxygen atoms in total. The van der Waals surface area contributed by atoms with Gasteiger partial charge in [0, 0.05) is 49.0 Å². The van der Waals surface area contributed by atoms with Crippen LogP contribution < -0.4 is 10.6 Å². The third-order valence-corrected chi connectivity index (χ3v) is 12.8. The van der Waals surface area contributed by atoms with Gasteiger partial charge in [0.1, 0.15) is 11.8 Å². The molecule has 386 valence electrons. The molecule has 0 bridgehead atoms. The molecule has 6 N–H and O–H groups in total. The molecule has 2 amide bonds. The van der Waals surface area contributed by atoms with Crippen molar-refractivity contribution in [2.45, 2.75) is 174 Å². The van der Waals surface area contributed by atoms with Gasteiger partial charge in [-0.3, -0.25) is 19.6 Å². The third kappa shape index (κ3) is 12.3. The molecule has 0 spiro atoms. The number of carboxylic acids is 2. The number of carbonyl (C=O) groups excluding carboxylic acids is 2. The minimum atomic E-state index is -2.24. The molecule has 6 unspecified atom stereocenters. The smallest absolute Gasteiger partial charge is 0.335 e. The van der Waals surface area contributed by atoms with E-state index in [-0.39, 0.29) is 107 Å². The number of anilines is 2. The molecule has 6 heterocycles. The SMILES string of the molecule is [2H]C1=C(c2nc(C3CC(C)(C)OC(C)(C(=O)O)C3)ccc2NC(=O)c2ncc(C#N)[nH]2)C([2H])([2H])CC(C)(C)C1[2H].[2H]C1=C(c2nc(C3CC(C)(C)OC(C)(C(=O)O)C3)ccc2NC(=O)c2ncc(C)[nH]2)C([2H])([2H])C([2H])C(C)(C)C1.[HH].[HH].[HH].[HH].